The molecule has 1 heterocycles. The number of hydrogen-bond acceptors (Lipinski definition) is 4. The van der Waals surface area contributed by atoms with Crippen molar-refractivity contribution in [2.24, 2.45) is 5.92 Å². The Morgan fingerprint density at radius 2 is 2.24 bits per heavy atom. The van der Waals surface area contributed by atoms with E-state index < -0.39 is 0 Å². The van der Waals surface area contributed by atoms with E-state index in [-0.39, 0.29) is 24.5 Å². The summed E-state index contributed by atoms with van der Waals surface area (Å²) in [5, 5.41) is 12.3. The number of aliphatic hydroxyl groups excluding tert-OH is 1. The van der Waals surface area contributed by atoms with E-state index in [2.05, 4.69) is 5.32 Å². The van der Waals surface area contributed by atoms with Crippen LogP contribution in [0.5, 0.6) is 0 Å². The first-order valence-corrected chi connectivity index (χ1v) is 6.50. The Labute approximate surface area is 102 Å². The van der Waals surface area contributed by atoms with Crippen LogP contribution < -0.4 is 5.32 Å². The highest BCUT2D eigenvalue weighted by Gasteiger charge is 2.40. The van der Waals surface area contributed by atoms with Gasteiger partial charge in [-0.2, -0.15) is 0 Å². The van der Waals surface area contributed by atoms with Crippen molar-refractivity contribution in [2.75, 3.05) is 32.9 Å². The Balaban J connectivity index is 1.96. The molecule has 0 aromatic heterocycles. The Morgan fingerprint density at radius 3 is 2.82 bits per heavy atom. The van der Waals surface area contributed by atoms with Crippen molar-refractivity contribution < 1.29 is 14.6 Å². The van der Waals surface area contributed by atoms with E-state index in [0.29, 0.717) is 25.8 Å². The van der Waals surface area contributed by atoms with Gasteiger partial charge in [0.2, 0.25) is 5.91 Å². The number of ether oxygens (including phenoxy) is 1. The Hall–Kier alpha value is -0.650. The van der Waals surface area contributed by atoms with E-state index in [0.717, 1.165) is 19.4 Å². The molecule has 2 unspecified atom stereocenters. The monoisotopic (exact) mass is 242 g/mol. The zero-order chi connectivity index (χ0) is 12.3. The zero-order valence-electron chi connectivity index (χ0n) is 10.4. The van der Waals surface area contributed by atoms with Crippen LogP contribution in [0.25, 0.3) is 0 Å². The third-order valence-electron chi connectivity index (χ3n) is 3.48. The molecule has 2 fully saturated rings. The molecule has 1 saturated heterocycles. The minimum Gasteiger partial charge on any atom is -0.395 e. The number of carbonyl (C=O) groups is 1. The van der Waals surface area contributed by atoms with Crippen molar-refractivity contribution in [2.45, 2.75) is 31.8 Å². The maximum atomic E-state index is 12.4. The number of aliphatic hydroxyl groups is 1. The summed E-state index contributed by atoms with van der Waals surface area (Å²) in [5.41, 5.74) is 0. The van der Waals surface area contributed by atoms with E-state index in [1.54, 1.807) is 0 Å². The van der Waals surface area contributed by atoms with Crippen LogP contribution in [-0.2, 0) is 9.53 Å². The van der Waals surface area contributed by atoms with Gasteiger partial charge in [-0.3, -0.25) is 4.79 Å². The van der Waals surface area contributed by atoms with Crippen LogP contribution in [0.15, 0.2) is 0 Å². The SMILES string of the molecule is CCNC1COCC1C(=O)N(CCO)C1CC1. The third kappa shape index (κ3) is 2.97. The summed E-state index contributed by atoms with van der Waals surface area (Å²) in [7, 11) is 0. The molecule has 5 heteroatoms. The molecule has 1 aliphatic heterocycles. The number of carbonyl (C=O) groups excluding carboxylic acids is 1. The molecule has 2 rings (SSSR count). The van der Waals surface area contributed by atoms with Gasteiger partial charge in [-0.05, 0) is 19.4 Å². The van der Waals surface area contributed by atoms with Crippen LogP contribution in [0.1, 0.15) is 19.8 Å². The van der Waals surface area contributed by atoms with Crippen molar-refractivity contribution in [1.29, 1.82) is 0 Å². The van der Waals surface area contributed by atoms with Gasteiger partial charge in [-0.15, -0.1) is 0 Å². The molecule has 98 valence electrons. The fraction of sp³-hybridized carbons (Fsp3) is 0.917. The summed E-state index contributed by atoms with van der Waals surface area (Å²) in [6.45, 7) is 4.50. The molecule has 1 aliphatic carbocycles. The van der Waals surface area contributed by atoms with Crippen LogP contribution >= 0.6 is 0 Å². The number of rotatable bonds is 6. The highest BCUT2D eigenvalue weighted by Crippen LogP contribution is 2.29. The molecule has 5 nitrogen and oxygen atoms in total. The van der Waals surface area contributed by atoms with Gasteiger partial charge in [0, 0.05) is 18.6 Å². The Kier molecular flexibility index (Phi) is 4.36. The average molecular weight is 242 g/mol. The molecular formula is C12H22N2O3. The molecule has 1 saturated carbocycles. The molecule has 2 N–H and O–H groups in total. The molecule has 0 radical (unpaired) electrons. The second-order valence-corrected chi connectivity index (χ2v) is 4.79. The number of nitrogens with one attached hydrogen (secondary N) is 1. The predicted octanol–water partition coefficient (Wildman–Crippen LogP) is -0.406. The summed E-state index contributed by atoms with van der Waals surface area (Å²) < 4.78 is 5.40. The summed E-state index contributed by atoms with van der Waals surface area (Å²) in [6.07, 6.45) is 2.15. The fourth-order valence-corrected chi connectivity index (χ4v) is 2.44. The van der Waals surface area contributed by atoms with Crippen molar-refractivity contribution >= 4 is 5.91 Å². The van der Waals surface area contributed by atoms with Gasteiger partial charge < -0.3 is 20.1 Å². The third-order valence-corrected chi connectivity index (χ3v) is 3.48. The molecule has 17 heavy (non-hydrogen) atoms. The highest BCUT2D eigenvalue weighted by molar-refractivity contribution is 5.80. The first kappa shape index (κ1) is 12.8. The summed E-state index contributed by atoms with van der Waals surface area (Å²) in [6, 6.07) is 0.491. The quantitative estimate of drug-likeness (QED) is 0.665. The van der Waals surface area contributed by atoms with Crippen LogP contribution in [0.2, 0.25) is 0 Å². The minimum absolute atomic E-state index is 0.0433. The molecule has 0 aromatic rings. The van der Waals surface area contributed by atoms with Gasteiger partial charge in [0.1, 0.15) is 0 Å². The molecule has 2 atom stereocenters. The topological polar surface area (TPSA) is 61.8 Å². The van der Waals surface area contributed by atoms with Crippen LogP contribution in [-0.4, -0.2) is 60.9 Å². The molecule has 0 bridgehead atoms. The predicted molar refractivity (Wildman–Crippen MR) is 63.6 cm³/mol. The molecule has 2 aliphatic rings. The van der Waals surface area contributed by atoms with Crippen molar-refractivity contribution in [3.05, 3.63) is 0 Å². The zero-order valence-corrected chi connectivity index (χ0v) is 10.4. The summed E-state index contributed by atoms with van der Waals surface area (Å²) in [4.78, 5) is 14.2. The van der Waals surface area contributed by atoms with Crippen LogP contribution in [0.4, 0.5) is 0 Å². The smallest absolute Gasteiger partial charge is 0.230 e. The van der Waals surface area contributed by atoms with E-state index in [1.807, 2.05) is 11.8 Å². The first-order chi connectivity index (χ1) is 8.27. The first-order valence-electron chi connectivity index (χ1n) is 6.50. The van der Waals surface area contributed by atoms with Gasteiger partial charge in [0.15, 0.2) is 0 Å². The second kappa shape index (κ2) is 5.80. The van der Waals surface area contributed by atoms with Crippen molar-refractivity contribution in [3.63, 3.8) is 0 Å². The molecule has 0 aromatic carbocycles. The number of likely N-dealkylation sites (N-methyl/N-ethyl adjacent to an activating group) is 1. The average Bonchev–Trinajstić information content (AvgIpc) is 3.06. The maximum Gasteiger partial charge on any atom is 0.230 e. The number of amides is 1. The van der Waals surface area contributed by atoms with E-state index >= 15 is 0 Å². The normalized spacial score (nSPS) is 28.4. The van der Waals surface area contributed by atoms with Crippen molar-refractivity contribution in [3.8, 4) is 0 Å². The highest BCUT2D eigenvalue weighted by atomic mass is 16.5. The molecule has 1 amide bonds. The molecular weight excluding hydrogens is 220 g/mol. The van der Waals surface area contributed by atoms with Crippen molar-refractivity contribution in [1.82, 2.24) is 10.2 Å². The lowest BCUT2D eigenvalue weighted by atomic mass is 10.0. The summed E-state index contributed by atoms with van der Waals surface area (Å²) in [5.74, 6) is 0.0621. The van der Waals surface area contributed by atoms with E-state index in [9.17, 15) is 4.79 Å². The molecule has 0 spiro atoms. The Bertz CT molecular complexity index is 268. The maximum absolute atomic E-state index is 12.4. The Morgan fingerprint density at radius 1 is 1.47 bits per heavy atom. The van der Waals surface area contributed by atoms with Crippen LogP contribution in [0, 0.1) is 5.92 Å². The van der Waals surface area contributed by atoms with Gasteiger partial charge in [0.25, 0.3) is 0 Å². The lowest BCUT2D eigenvalue weighted by Crippen LogP contribution is -2.47. The summed E-state index contributed by atoms with van der Waals surface area (Å²) >= 11 is 0. The second-order valence-electron chi connectivity index (χ2n) is 4.79. The number of hydrogen-bond donors (Lipinski definition) is 2. The lowest BCUT2D eigenvalue weighted by Gasteiger charge is -2.27. The largest absolute Gasteiger partial charge is 0.395 e. The standard InChI is InChI=1S/C12H22N2O3/c1-2-13-11-8-17-7-10(11)12(16)14(5-6-15)9-3-4-9/h9-11,13,15H,2-8H2,1H3. The number of nitrogens with zero attached hydrogens (tertiary/aromatic N) is 1. The van der Waals surface area contributed by atoms with Crippen LogP contribution in [0.3, 0.4) is 0 Å². The van der Waals surface area contributed by atoms with Gasteiger partial charge >= 0.3 is 0 Å². The van der Waals surface area contributed by atoms with E-state index in [4.69, 9.17) is 9.84 Å². The van der Waals surface area contributed by atoms with E-state index in [1.165, 1.54) is 0 Å². The van der Waals surface area contributed by atoms with Gasteiger partial charge in [-0.1, -0.05) is 6.92 Å². The fourth-order valence-electron chi connectivity index (χ4n) is 2.44. The minimum atomic E-state index is -0.0814. The van der Waals surface area contributed by atoms with Gasteiger partial charge in [0.05, 0.1) is 25.7 Å². The van der Waals surface area contributed by atoms with Gasteiger partial charge in [-0.25, -0.2) is 0 Å². The lowest BCUT2D eigenvalue weighted by molar-refractivity contribution is -0.137.